The fraction of sp³-hybridized carbons (Fsp3) is 0.267. The van der Waals surface area contributed by atoms with Gasteiger partial charge in [-0.25, -0.2) is 4.98 Å². The van der Waals surface area contributed by atoms with Crippen LogP contribution in [0, 0.1) is 6.92 Å². The molecular weight excluding hydrogens is 334 g/mol. The molecule has 6 heteroatoms. The van der Waals surface area contributed by atoms with E-state index in [0.717, 1.165) is 10.0 Å². The third-order valence-electron chi connectivity index (χ3n) is 2.97. The number of rotatable bonds is 5. The number of carbonyl (C=O) groups excluding carboxylic acids is 1. The number of hydrogen-bond donors (Lipinski definition) is 1. The predicted molar refractivity (Wildman–Crippen MR) is 84.1 cm³/mol. The first kappa shape index (κ1) is 15.4. The standard InChI is InChI=1S/C15H16BrN3O2/c1-11-8-15(21)19(10-18-11)7-6-17-14(20)9-12-2-4-13(16)5-3-12/h2-5,8,10H,6-7,9H2,1H3,(H,17,20). The molecular formula is C15H16BrN3O2. The van der Waals surface area contributed by atoms with Crippen LogP contribution in [0.5, 0.6) is 0 Å². The van der Waals surface area contributed by atoms with E-state index in [9.17, 15) is 9.59 Å². The molecule has 0 radical (unpaired) electrons. The fourth-order valence-electron chi connectivity index (χ4n) is 1.85. The van der Waals surface area contributed by atoms with E-state index in [-0.39, 0.29) is 11.5 Å². The van der Waals surface area contributed by atoms with Crippen molar-refractivity contribution < 1.29 is 4.79 Å². The van der Waals surface area contributed by atoms with Gasteiger partial charge in [0.05, 0.1) is 12.7 Å². The Morgan fingerprint density at radius 3 is 2.71 bits per heavy atom. The second-order valence-electron chi connectivity index (χ2n) is 4.72. The van der Waals surface area contributed by atoms with Crippen LogP contribution in [-0.4, -0.2) is 22.0 Å². The highest BCUT2D eigenvalue weighted by Gasteiger charge is 2.03. The average Bonchev–Trinajstić information content (AvgIpc) is 2.44. The molecule has 5 nitrogen and oxygen atoms in total. The Morgan fingerprint density at radius 2 is 2.05 bits per heavy atom. The maximum Gasteiger partial charge on any atom is 0.253 e. The molecule has 0 saturated heterocycles. The number of aryl methyl sites for hydroxylation is 1. The zero-order valence-electron chi connectivity index (χ0n) is 11.7. The lowest BCUT2D eigenvalue weighted by atomic mass is 10.1. The molecule has 0 atom stereocenters. The molecule has 0 aliphatic carbocycles. The fourth-order valence-corrected chi connectivity index (χ4v) is 2.11. The Balaban J connectivity index is 1.81. The van der Waals surface area contributed by atoms with E-state index in [1.54, 1.807) is 6.92 Å². The van der Waals surface area contributed by atoms with E-state index < -0.39 is 0 Å². The summed E-state index contributed by atoms with van der Waals surface area (Å²) in [5.74, 6) is -0.0644. The summed E-state index contributed by atoms with van der Waals surface area (Å²) >= 11 is 3.35. The first-order valence-corrected chi connectivity index (χ1v) is 7.38. The van der Waals surface area contributed by atoms with Crippen molar-refractivity contribution in [1.29, 1.82) is 0 Å². The lowest BCUT2D eigenvalue weighted by Gasteiger charge is -2.07. The Morgan fingerprint density at radius 1 is 1.33 bits per heavy atom. The number of nitrogens with zero attached hydrogens (tertiary/aromatic N) is 2. The van der Waals surface area contributed by atoms with Crippen molar-refractivity contribution in [3.05, 3.63) is 62.7 Å². The number of amides is 1. The molecule has 0 saturated carbocycles. The van der Waals surface area contributed by atoms with Crippen molar-refractivity contribution in [2.24, 2.45) is 0 Å². The molecule has 0 unspecified atom stereocenters. The van der Waals surface area contributed by atoms with Gasteiger partial charge in [-0.3, -0.25) is 14.2 Å². The number of halogens is 1. The van der Waals surface area contributed by atoms with Crippen molar-refractivity contribution in [3.8, 4) is 0 Å². The maximum atomic E-state index is 11.8. The molecule has 0 aliphatic heterocycles. The minimum atomic E-state index is -0.107. The van der Waals surface area contributed by atoms with Gasteiger partial charge in [-0.05, 0) is 24.6 Å². The lowest BCUT2D eigenvalue weighted by Crippen LogP contribution is -2.31. The zero-order chi connectivity index (χ0) is 15.2. The highest BCUT2D eigenvalue weighted by molar-refractivity contribution is 9.10. The van der Waals surface area contributed by atoms with E-state index in [2.05, 4.69) is 26.2 Å². The predicted octanol–water partition coefficient (Wildman–Crippen LogP) is 1.67. The largest absolute Gasteiger partial charge is 0.354 e. The van der Waals surface area contributed by atoms with Gasteiger partial charge >= 0.3 is 0 Å². The summed E-state index contributed by atoms with van der Waals surface area (Å²) in [5, 5.41) is 2.80. The van der Waals surface area contributed by atoms with Crippen LogP contribution < -0.4 is 10.9 Å². The molecule has 1 aromatic heterocycles. The molecule has 21 heavy (non-hydrogen) atoms. The van der Waals surface area contributed by atoms with Crippen molar-refractivity contribution in [1.82, 2.24) is 14.9 Å². The number of hydrogen-bond acceptors (Lipinski definition) is 3. The molecule has 0 bridgehead atoms. The van der Waals surface area contributed by atoms with Crippen LogP contribution >= 0.6 is 15.9 Å². The quantitative estimate of drug-likeness (QED) is 0.892. The Labute approximate surface area is 131 Å². The Hall–Kier alpha value is -1.95. The summed E-state index contributed by atoms with van der Waals surface area (Å²) in [7, 11) is 0. The van der Waals surface area contributed by atoms with Crippen LogP contribution in [0.1, 0.15) is 11.3 Å². The van der Waals surface area contributed by atoms with Crippen LogP contribution in [0.4, 0.5) is 0 Å². The summed E-state index contributed by atoms with van der Waals surface area (Å²) < 4.78 is 2.46. The summed E-state index contributed by atoms with van der Waals surface area (Å²) in [5.41, 5.74) is 1.53. The molecule has 1 aromatic carbocycles. The third kappa shape index (κ3) is 4.82. The monoisotopic (exact) mass is 349 g/mol. The average molecular weight is 350 g/mol. The normalized spacial score (nSPS) is 10.4. The van der Waals surface area contributed by atoms with Gasteiger partial charge in [0, 0.05) is 29.3 Å². The molecule has 2 rings (SSSR count). The van der Waals surface area contributed by atoms with Gasteiger partial charge in [-0.15, -0.1) is 0 Å². The molecule has 1 amide bonds. The smallest absolute Gasteiger partial charge is 0.253 e. The van der Waals surface area contributed by atoms with Crippen molar-refractivity contribution in [2.75, 3.05) is 6.54 Å². The molecule has 110 valence electrons. The number of nitrogens with one attached hydrogen (secondary N) is 1. The minimum Gasteiger partial charge on any atom is -0.354 e. The van der Waals surface area contributed by atoms with Gasteiger partial charge in [-0.1, -0.05) is 28.1 Å². The molecule has 1 heterocycles. The molecule has 0 fully saturated rings. The van der Waals surface area contributed by atoms with Gasteiger partial charge < -0.3 is 5.32 Å². The van der Waals surface area contributed by atoms with Gasteiger partial charge in [0.1, 0.15) is 0 Å². The first-order chi connectivity index (χ1) is 10.0. The topological polar surface area (TPSA) is 64.0 Å². The van der Waals surface area contributed by atoms with Gasteiger partial charge in [0.15, 0.2) is 0 Å². The van der Waals surface area contributed by atoms with Crippen LogP contribution in [0.25, 0.3) is 0 Å². The van der Waals surface area contributed by atoms with Crippen LogP contribution in [-0.2, 0) is 17.8 Å². The molecule has 0 spiro atoms. The minimum absolute atomic E-state index is 0.0644. The SMILES string of the molecule is Cc1cc(=O)n(CCNC(=O)Cc2ccc(Br)cc2)cn1. The van der Waals surface area contributed by atoms with E-state index >= 15 is 0 Å². The van der Waals surface area contributed by atoms with E-state index in [1.807, 2.05) is 24.3 Å². The molecule has 2 aromatic rings. The third-order valence-corrected chi connectivity index (χ3v) is 3.50. The Bertz CT molecular complexity index is 680. The molecule has 0 aliphatic rings. The summed E-state index contributed by atoms with van der Waals surface area (Å²) in [6, 6.07) is 9.08. The second-order valence-corrected chi connectivity index (χ2v) is 5.63. The number of benzene rings is 1. The summed E-state index contributed by atoms with van der Waals surface area (Å²) in [6.07, 6.45) is 1.83. The van der Waals surface area contributed by atoms with E-state index in [0.29, 0.717) is 25.2 Å². The zero-order valence-corrected chi connectivity index (χ0v) is 13.3. The van der Waals surface area contributed by atoms with E-state index in [4.69, 9.17) is 0 Å². The van der Waals surface area contributed by atoms with Crippen LogP contribution in [0.2, 0.25) is 0 Å². The highest BCUT2D eigenvalue weighted by atomic mass is 79.9. The van der Waals surface area contributed by atoms with Gasteiger partial charge in [0.25, 0.3) is 5.56 Å². The van der Waals surface area contributed by atoms with Gasteiger partial charge in [0.2, 0.25) is 5.91 Å². The van der Waals surface area contributed by atoms with Crippen molar-refractivity contribution in [3.63, 3.8) is 0 Å². The Kier molecular flexibility index (Phi) is 5.27. The summed E-state index contributed by atoms with van der Waals surface area (Å²) in [4.78, 5) is 27.5. The van der Waals surface area contributed by atoms with Crippen molar-refractivity contribution in [2.45, 2.75) is 19.9 Å². The van der Waals surface area contributed by atoms with Crippen LogP contribution in [0.3, 0.4) is 0 Å². The lowest BCUT2D eigenvalue weighted by molar-refractivity contribution is -0.120. The van der Waals surface area contributed by atoms with Crippen LogP contribution in [0.15, 0.2) is 45.9 Å². The second kappa shape index (κ2) is 7.17. The van der Waals surface area contributed by atoms with Gasteiger partial charge in [-0.2, -0.15) is 0 Å². The molecule has 1 N–H and O–H groups in total. The number of carbonyl (C=O) groups is 1. The summed E-state index contributed by atoms with van der Waals surface area (Å²) in [6.45, 7) is 2.59. The first-order valence-electron chi connectivity index (χ1n) is 6.59. The van der Waals surface area contributed by atoms with Crippen molar-refractivity contribution >= 4 is 21.8 Å². The highest BCUT2D eigenvalue weighted by Crippen LogP contribution is 2.10. The number of aromatic nitrogens is 2. The maximum absolute atomic E-state index is 11.8. The van der Waals surface area contributed by atoms with E-state index in [1.165, 1.54) is 17.0 Å².